The molecular formula is C26H25ClFN3O3. The molecule has 5 rings (SSSR count). The lowest BCUT2D eigenvalue weighted by molar-refractivity contribution is 0.0930. The zero-order valence-electron chi connectivity index (χ0n) is 18.5. The van der Waals surface area contributed by atoms with Crippen molar-refractivity contribution >= 4 is 23.2 Å². The summed E-state index contributed by atoms with van der Waals surface area (Å²) in [6, 6.07) is 19.4. The standard InChI is InChI=1S/C26H25ClFN3O3/c27-20-4-1-18(2-5-20)26(32)29-16-23(19-3-10-24-25(15-19)34-17-33-24)31-13-11-30(12-14-31)22-8-6-21(28)7-9-22/h1-10,15,23H,11-14,16-17H2,(H,29,32)/t23-/m0/s1. The Morgan fingerprint density at radius 2 is 1.65 bits per heavy atom. The smallest absolute Gasteiger partial charge is 0.251 e. The van der Waals surface area contributed by atoms with E-state index < -0.39 is 0 Å². The minimum atomic E-state index is -0.235. The number of anilines is 1. The number of rotatable bonds is 6. The van der Waals surface area contributed by atoms with Crippen molar-refractivity contribution in [1.82, 2.24) is 10.2 Å². The molecule has 2 aliphatic rings. The molecule has 3 aromatic rings. The lowest BCUT2D eigenvalue weighted by atomic mass is 10.0. The second-order valence-corrected chi connectivity index (χ2v) is 8.78. The first-order chi connectivity index (χ1) is 16.6. The summed E-state index contributed by atoms with van der Waals surface area (Å²) in [5.74, 6) is 1.07. The van der Waals surface area contributed by atoms with Gasteiger partial charge in [-0.25, -0.2) is 4.39 Å². The fourth-order valence-corrected chi connectivity index (χ4v) is 4.54. The van der Waals surface area contributed by atoms with Gasteiger partial charge in [-0.05, 0) is 66.2 Å². The molecule has 3 aromatic carbocycles. The number of carbonyl (C=O) groups excluding carboxylic acids is 1. The highest BCUT2D eigenvalue weighted by atomic mass is 35.5. The number of benzene rings is 3. The number of amides is 1. The van der Waals surface area contributed by atoms with Crippen LogP contribution in [0.4, 0.5) is 10.1 Å². The average Bonchev–Trinajstić information content (AvgIpc) is 3.33. The van der Waals surface area contributed by atoms with E-state index in [0.717, 1.165) is 48.9 Å². The predicted molar refractivity (Wildman–Crippen MR) is 129 cm³/mol. The van der Waals surface area contributed by atoms with E-state index in [2.05, 4.69) is 15.1 Å². The SMILES string of the molecule is O=C(NC[C@@H](c1ccc2c(c1)OCO2)N1CCN(c2ccc(F)cc2)CC1)c1ccc(Cl)cc1. The molecule has 0 bridgehead atoms. The fraction of sp³-hybridized carbons (Fsp3) is 0.269. The number of piperazine rings is 1. The monoisotopic (exact) mass is 481 g/mol. The van der Waals surface area contributed by atoms with E-state index >= 15 is 0 Å². The van der Waals surface area contributed by atoms with E-state index in [1.165, 1.54) is 12.1 Å². The van der Waals surface area contributed by atoms with Crippen molar-refractivity contribution in [2.45, 2.75) is 6.04 Å². The molecule has 1 saturated heterocycles. The van der Waals surface area contributed by atoms with Crippen LogP contribution >= 0.6 is 11.6 Å². The normalized spacial score (nSPS) is 16.4. The van der Waals surface area contributed by atoms with Crippen molar-refractivity contribution in [3.8, 4) is 11.5 Å². The van der Waals surface area contributed by atoms with Crippen LogP contribution in [-0.2, 0) is 0 Å². The van der Waals surface area contributed by atoms with Crippen molar-refractivity contribution in [2.24, 2.45) is 0 Å². The molecule has 0 radical (unpaired) electrons. The van der Waals surface area contributed by atoms with Crippen LogP contribution in [0.25, 0.3) is 0 Å². The summed E-state index contributed by atoms with van der Waals surface area (Å²) in [5, 5.41) is 3.67. The Morgan fingerprint density at radius 3 is 2.38 bits per heavy atom. The summed E-state index contributed by atoms with van der Waals surface area (Å²) in [5.41, 5.74) is 2.63. The summed E-state index contributed by atoms with van der Waals surface area (Å²) in [4.78, 5) is 17.4. The predicted octanol–water partition coefficient (Wildman–Crippen LogP) is 4.50. The van der Waals surface area contributed by atoms with Gasteiger partial charge in [0.2, 0.25) is 6.79 Å². The molecule has 8 heteroatoms. The zero-order valence-corrected chi connectivity index (χ0v) is 19.3. The summed E-state index contributed by atoms with van der Waals surface area (Å²) < 4.78 is 24.4. The Balaban J connectivity index is 1.31. The van der Waals surface area contributed by atoms with Crippen LogP contribution in [0.3, 0.4) is 0 Å². The number of hydrogen-bond donors (Lipinski definition) is 1. The molecule has 2 aliphatic heterocycles. The second-order valence-electron chi connectivity index (χ2n) is 8.34. The number of hydrogen-bond acceptors (Lipinski definition) is 5. The van der Waals surface area contributed by atoms with Gasteiger partial charge in [-0.3, -0.25) is 9.69 Å². The summed E-state index contributed by atoms with van der Waals surface area (Å²) >= 11 is 5.95. The molecule has 0 unspecified atom stereocenters. The van der Waals surface area contributed by atoms with Gasteiger partial charge in [0.25, 0.3) is 5.91 Å². The minimum absolute atomic E-state index is 0.0406. The Labute approximate surface area is 202 Å². The van der Waals surface area contributed by atoms with Gasteiger partial charge in [-0.1, -0.05) is 17.7 Å². The Morgan fingerprint density at radius 1 is 0.941 bits per heavy atom. The first-order valence-corrected chi connectivity index (χ1v) is 11.6. The molecule has 1 N–H and O–H groups in total. The molecule has 0 saturated carbocycles. The van der Waals surface area contributed by atoms with Crippen LogP contribution in [0.2, 0.25) is 5.02 Å². The number of nitrogens with zero attached hydrogens (tertiary/aromatic N) is 2. The summed E-state index contributed by atoms with van der Waals surface area (Å²) in [7, 11) is 0. The first-order valence-electron chi connectivity index (χ1n) is 11.2. The van der Waals surface area contributed by atoms with Gasteiger partial charge in [0.15, 0.2) is 11.5 Å². The third-order valence-electron chi connectivity index (χ3n) is 6.29. The average molecular weight is 482 g/mol. The molecule has 1 atom stereocenters. The maximum atomic E-state index is 13.3. The largest absolute Gasteiger partial charge is 0.454 e. The molecule has 6 nitrogen and oxygen atoms in total. The zero-order chi connectivity index (χ0) is 23.5. The molecule has 176 valence electrons. The highest BCUT2D eigenvalue weighted by Crippen LogP contribution is 2.36. The van der Waals surface area contributed by atoms with Crippen LogP contribution in [0.5, 0.6) is 11.5 Å². The summed E-state index contributed by atoms with van der Waals surface area (Å²) in [6.07, 6.45) is 0. The van der Waals surface area contributed by atoms with E-state index in [-0.39, 0.29) is 24.6 Å². The first kappa shape index (κ1) is 22.5. The maximum absolute atomic E-state index is 13.3. The number of nitrogens with one attached hydrogen (secondary N) is 1. The molecule has 1 fully saturated rings. The van der Waals surface area contributed by atoms with Gasteiger partial charge in [0.05, 0.1) is 6.04 Å². The van der Waals surface area contributed by atoms with E-state index in [1.807, 2.05) is 30.3 Å². The number of carbonyl (C=O) groups is 1. The van der Waals surface area contributed by atoms with Crippen molar-refractivity contribution < 1.29 is 18.7 Å². The van der Waals surface area contributed by atoms with Gasteiger partial charge in [0, 0.05) is 49.0 Å². The maximum Gasteiger partial charge on any atom is 0.251 e. The molecule has 1 amide bonds. The van der Waals surface area contributed by atoms with Crippen molar-refractivity contribution in [1.29, 1.82) is 0 Å². The van der Waals surface area contributed by atoms with E-state index in [0.29, 0.717) is 17.1 Å². The Bertz CT molecular complexity index is 1150. The van der Waals surface area contributed by atoms with Gasteiger partial charge in [-0.2, -0.15) is 0 Å². The number of fused-ring (bicyclic) bond motifs is 1. The van der Waals surface area contributed by atoms with Gasteiger partial charge in [0.1, 0.15) is 5.82 Å². The lowest BCUT2D eigenvalue weighted by Crippen LogP contribution is -2.50. The fourth-order valence-electron chi connectivity index (χ4n) is 4.41. The highest BCUT2D eigenvalue weighted by molar-refractivity contribution is 6.30. The molecule has 0 aliphatic carbocycles. The Kier molecular flexibility index (Phi) is 6.56. The van der Waals surface area contributed by atoms with Gasteiger partial charge < -0.3 is 19.7 Å². The third-order valence-corrected chi connectivity index (χ3v) is 6.54. The molecule has 34 heavy (non-hydrogen) atoms. The molecule has 0 spiro atoms. The van der Waals surface area contributed by atoms with E-state index in [1.54, 1.807) is 24.3 Å². The topological polar surface area (TPSA) is 54.0 Å². The third kappa shape index (κ3) is 4.95. The molecular weight excluding hydrogens is 457 g/mol. The van der Waals surface area contributed by atoms with Gasteiger partial charge in [-0.15, -0.1) is 0 Å². The molecule has 2 heterocycles. The van der Waals surface area contributed by atoms with Crippen molar-refractivity contribution in [3.63, 3.8) is 0 Å². The van der Waals surface area contributed by atoms with Gasteiger partial charge >= 0.3 is 0 Å². The van der Waals surface area contributed by atoms with Crippen LogP contribution in [0.1, 0.15) is 22.0 Å². The summed E-state index contributed by atoms with van der Waals surface area (Å²) in [6.45, 7) is 3.86. The van der Waals surface area contributed by atoms with Crippen LogP contribution < -0.4 is 19.7 Å². The molecule has 0 aromatic heterocycles. The Hall–Kier alpha value is -3.29. The van der Waals surface area contributed by atoms with Crippen molar-refractivity contribution in [2.75, 3.05) is 44.4 Å². The highest BCUT2D eigenvalue weighted by Gasteiger charge is 2.27. The van der Waals surface area contributed by atoms with Crippen LogP contribution in [-0.4, -0.2) is 50.3 Å². The lowest BCUT2D eigenvalue weighted by Gasteiger charge is -2.40. The van der Waals surface area contributed by atoms with E-state index in [4.69, 9.17) is 21.1 Å². The number of ether oxygens (including phenoxy) is 2. The van der Waals surface area contributed by atoms with E-state index in [9.17, 15) is 9.18 Å². The quantitative estimate of drug-likeness (QED) is 0.562. The number of halogens is 2. The second kappa shape index (κ2) is 9.91. The van der Waals surface area contributed by atoms with Crippen molar-refractivity contribution in [3.05, 3.63) is 88.7 Å². The minimum Gasteiger partial charge on any atom is -0.454 e. The van der Waals surface area contributed by atoms with Crippen LogP contribution in [0.15, 0.2) is 66.7 Å². The van der Waals surface area contributed by atoms with Crippen LogP contribution in [0, 0.1) is 5.82 Å².